The molecule has 0 aliphatic carbocycles. The molecular weight excluding hydrogens is 475 g/mol. The summed E-state index contributed by atoms with van der Waals surface area (Å²) in [6.45, 7) is 4.62. The van der Waals surface area contributed by atoms with Crippen molar-refractivity contribution in [2.45, 2.75) is 32.5 Å². The van der Waals surface area contributed by atoms with Gasteiger partial charge in [-0.15, -0.1) is 0 Å². The third-order valence-electron chi connectivity index (χ3n) is 6.98. The molecule has 2 N–H and O–H groups in total. The lowest BCUT2D eigenvalue weighted by molar-refractivity contribution is 0.442. The summed E-state index contributed by atoms with van der Waals surface area (Å²) in [7, 11) is -1.83. The first-order chi connectivity index (χ1) is 17.6. The molecule has 0 unspecified atom stereocenters. The maximum atomic E-state index is 5.82. The van der Waals surface area contributed by atoms with Gasteiger partial charge in [-0.3, -0.25) is 0 Å². The lowest BCUT2D eigenvalue weighted by Crippen LogP contribution is -2.46. The topological polar surface area (TPSA) is 24.1 Å². The number of para-hydroxylation sites is 1. The van der Waals surface area contributed by atoms with Crippen molar-refractivity contribution in [3.63, 3.8) is 0 Å². The third-order valence-corrected chi connectivity index (χ3v) is 11.7. The Bertz CT molecular complexity index is 1160. The zero-order valence-corrected chi connectivity index (χ0v) is 22.9. The summed E-state index contributed by atoms with van der Waals surface area (Å²) in [6.07, 6.45) is 3.14. The van der Waals surface area contributed by atoms with Crippen LogP contribution in [0.5, 0.6) is 0 Å². The van der Waals surface area contributed by atoms with Gasteiger partial charge in [-0.2, -0.15) is 0 Å². The third kappa shape index (κ3) is 6.60. The van der Waals surface area contributed by atoms with E-state index in [0.29, 0.717) is 11.0 Å². The van der Waals surface area contributed by atoms with E-state index in [1.54, 1.807) is 0 Å². The number of benzene rings is 4. The smallest absolute Gasteiger partial charge is 0.171 e. The second-order valence-corrected chi connectivity index (χ2v) is 13.5. The quantitative estimate of drug-likeness (QED) is 0.173. The largest absolute Gasteiger partial charge is 0.356 e. The summed E-state index contributed by atoms with van der Waals surface area (Å²) in [5.74, 6) is 0.461. The molecule has 0 saturated heterocycles. The number of anilines is 1. The number of thiocarbonyl (C=S) groups is 1. The van der Waals surface area contributed by atoms with E-state index in [-0.39, 0.29) is 6.04 Å². The molecule has 0 saturated carbocycles. The van der Waals surface area contributed by atoms with E-state index in [0.717, 1.165) is 24.4 Å². The molecule has 4 aromatic carbocycles. The van der Waals surface area contributed by atoms with Crippen molar-refractivity contribution in [1.82, 2.24) is 5.32 Å². The second kappa shape index (κ2) is 12.8. The second-order valence-electron chi connectivity index (χ2n) is 9.42. The molecule has 4 heteroatoms. The van der Waals surface area contributed by atoms with Crippen molar-refractivity contribution in [1.29, 1.82) is 0 Å². The molecule has 4 aromatic rings. The van der Waals surface area contributed by atoms with Crippen LogP contribution in [0, 0.1) is 5.92 Å². The number of hydrogen-bond donors (Lipinski definition) is 2. The predicted octanol–water partition coefficient (Wildman–Crippen LogP) is 7.26. The van der Waals surface area contributed by atoms with Crippen LogP contribution in [0.25, 0.3) is 0 Å². The van der Waals surface area contributed by atoms with Gasteiger partial charge >= 0.3 is 0 Å². The van der Waals surface area contributed by atoms with Crippen molar-refractivity contribution in [2.75, 3.05) is 11.5 Å². The molecule has 0 aromatic heterocycles. The Morgan fingerprint density at radius 1 is 0.722 bits per heavy atom. The van der Waals surface area contributed by atoms with Crippen LogP contribution in [-0.2, 0) is 6.16 Å². The van der Waals surface area contributed by atoms with Gasteiger partial charge in [-0.25, -0.2) is 0 Å². The summed E-state index contributed by atoms with van der Waals surface area (Å²) in [5, 5.41) is 10.7. The van der Waals surface area contributed by atoms with E-state index < -0.39 is 7.26 Å². The normalized spacial score (nSPS) is 12.9. The molecule has 0 radical (unpaired) electrons. The van der Waals surface area contributed by atoms with Crippen molar-refractivity contribution in [3.8, 4) is 0 Å². The van der Waals surface area contributed by atoms with Gasteiger partial charge in [0.05, 0.1) is 36.2 Å². The minimum absolute atomic E-state index is 0.233. The SMILES string of the molecule is CC[C@H](C)[C@@H](C[P+](Cc1ccccc1)(c1ccccc1)c1ccccc1)NC(=S)Nc1ccccc1. The Hall–Kier alpha value is -3.00. The average molecular weight is 512 g/mol. The Labute approximate surface area is 222 Å². The average Bonchev–Trinajstić information content (AvgIpc) is 2.94. The molecule has 0 aliphatic rings. The summed E-state index contributed by atoms with van der Waals surface area (Å²) in [6, 6.07) is 43.7. The summed E-state index contributed by atoms with van der Waals surface area (Å²) >= 11 is 5.82. The highest BCUT2D eigenvalue weighted by Crippen LogP contribution is 2.60. The van der Waals surface area contributed by atoms with E-state index in [9.17, 15) is 0 Å². The maximum absolute atomic E-state index is 5.82. The zero-order chi connectivity index (χ0) is 25.2. The van der Waals surface area contributed by atoms with Crippen LogP contribution in [0.3, 0.4) is 0 Å². The number of hydrogen-bond acceptors (Lipinski definition) is 1. The first kappa shape index (κ1) is 26.1. The fourth-order valence-electron chi connectivity index (χ4n) is 4.77. The van der Waals surface area contributed by atoms with Crippen molar-refractivity contribution in [3.05, 3.63) is 127 Å². The first-order valence-corrected chi connectivity index (χ1v) is 15.3. The summed E-state index contributed by atoms with van der Waals surface area (Å²) in [5.41, 5.74) is 2.39. The number of rotatable bonds is 10. The first-order valence-electron chi connectivity index (χ1n) is 12.8. The maximum Gasteiger partial charge on any atom is 0.171 e. The molecule has 4 rings (SSSR count). The number of nitrogens with one attached hydrogen (secondary N) is 2. The van der Waals surface area contributed by atoms with Crippen LogP contribution in [0.2, 0.25) is 0 Å². The van der Waals surface area contributed by atoms with E-state index >= 15 is 0 Å². The molecule has 0 amide bonds. The van der Waals surface area contributed by atoms with Crippen molar-refractivity contribution >= 4 is 40.9 Å². The van der Waals surface area contributed by atoms with Gasteiger partial charge in [0.25, 0.3) is 0 Å². The zero-order valence-electron chi connectivity index (χ0n) is 21.2. The van der Waals surface area contributed by atoms with Gasteiger partial charge in [0, 0.05) is 5.69 Å². The molecule has 184 valence electrons. The lowest BCUT2D eigenvalue weighted by Gasteiger charge is -2.34. The lowest BCUT2D eigenvalue weighted by atomic mass is 10.0. The molecule has 36 heavy (non-hydrogen) atoms. The summed E-state index contributed by atoms with van der Waals surface area (Å²) in [4.78, 5) is 0. The van der Waals surface area contributed by atoms with Gasteiger partial charge in [0.2, 0.25) is 0 Å². The summed E-state index contributed by atoms with van der Waals surface area (Å²) < 4.78 is 0. The van der Waals surface area contributed by atoms with Crippen molar-refractivity contribution in [2.24, 2.45) is 5.92 Å². The van der Waals surface area contributed by atoms with E-state index in [4.69, 9.17) is 12.2 Å². The highest BCUT2D eigenvalue weighted by molar-refractivity contribution is 7.88. The Kier molecular flexibility index (Phi) is 9.28. The van der Waals surface area contributed by atoms with Crippen LogP contribution >= 0.6 is 19.5 Å². The van der Waals surface area contributed by atoms with Gasteiger partial charge in [0.15, 0.2) is 5.11 Å². The molecule has 0 spiro atoms. The van der Waals surface area contributed by atoms with Gasteiger partial charge in [-0.05, 0) is 60.1 Å². The van der Waals surface area contributed by atoms with Crippen molar-refractivity contribution < 1.29 is 0 Å². The highest BCUT2D eigenvalue weighted by atomic mass is 32.1. The monoisotopic (exact) mass is 511 g/mol. The molecular formula is C32H36N2PS+. The molecule has 0 aliphatic heterocycles. The molecule has 0 fully saturated rings. The molecule has 0 heterocycles. The predicted molar refractivity (Wildman–Crippen MR) is 163 cm³/mol. The van der Waals surface area contributed by atoms with E-state index in [1.807, 2.05) is 30.3 Å². The minimum atomic E-state index is -1.83. The molecule has 2 atom stereocenters. The minimum Gasteiger partial charge on any atom is -0.356 e. The molecule has 0 bridgehead atoms. The van der Waals surface area contributed by atoms with Crippen LogP contribution in [0.4, 0.5) is 5.69 Å². The van der Waals surface area contributed by atoms with E-state index in [1.165, 1.54) is 16.2 Å². The van der Waals surface area contributed by atoms with Crippen LogP contribution in [-0.4, -0.2) is 17.3 Å². The van der Waals surface area contributed by atoms with Crippen LogP contribution < -0.4 is 21.2 Å². The van der Waals surface area contributed by atoms with Gasteiger partial charge in [-0.1, -0.05) is 105 Å². The van der Waals surface area contributed by atoms with Gasteiger partial charge in [0.1, 0.15) is 0 Å². The van der Waals surface area contributed by atoms with Gasteiger partial charge < -0.3 is 10.6 Å². The Morgan fingerprint density at radius 3 is 1.69 bits per heavy atom. The standard InChI is InChI=1S/C32H35N2PS/c1-3-26(2)31(34-32(36)33-28-18-10-5-11-19-28)25-35(29-20-12-6-13-21-29,30-22-14-7-15-23-30)24-27-16-8-4-9-17-27/h4-23,26,31H,3,24-25H2,1-2H3,(H-,33,34,36)/p+1/t26-,31+/m0/s1. The van der Waals surface area contributed by atoms with Crippen LogP contribution in [0.15, 0.2) is 121 Å². The Morgan fingerprint density at radius 2 is 1.19 bits per heavy atom. The fourth-order valence-corrected chi connectivity index (χ4v) is 9.70. The Balaban J connectivity index is 1.75. The fraction of sp³-hybridized carbons (Fsp3) is 0.219. The molecule has 2 nitrogen and oxygen atoms in total. The van der Waals surface area contributed by atoms with E-state index in [2.05, 4.69) is 115 Å². The highest BCUT2D eigenvalue weighted by Gasteiger charge is 2.45. The van der Waals surface area contributed by atoms with Crippen LogP contribution in [0.1, 0.15) is 25.8 Å².